The van der Waals surface area contributed by atoms with Crippen molar-refractivity contribution in [2.24, 2.45) is 0 Å². The van der Waals surface area contributed by atoms with Crippen molar-refractivity contribution in [3.05, 3.63) is 141 Å². The maximum atomic E-state index is 13.3. The Morgan fingerprint density at radius 1 is 0.405 bits per heavy atom. The Morgan fingerprint density at radius 3 is 1.11 bits per heavy atom. The highest BCUT2D eigenvalue weighted by Gasteiger charge is 2.35. The topological polar surface area (TPSA) is 102 Å². The molecule has 0 spiro atoms. The van der Waals surface area contributed by atoms with Gasteiger partial charge in [0.2, 0.25) is 0 Å². The third-order valence-electron chi connectivity index (χ3n) is 6.83. The molecule has 0 saturated carbocycles. The molecule has 2 aliphatic carbocycles. The molecule has 0 radical (unpaired) electrons. The molecule has 0 unspecified atom stereocenters. The van der Waals surface area contributed by atoms with Gasteiger partial charge < -0.3 is 0 Å². The van der Waals surface area contributed by atoms with Crippen molar-refractivity contribution in [3.63, 3.8) is 0 Å². The van der Waals surface area contributed by atoms with Gasteiger partial charge in [0.1, 0.15) is 0 Å². The molecule has 37 heavy (non-hydrogen) atoms. The average Bonchev–Trinajstić information content (AvgIpc) is 2.93. The first kappa shape index (κ1) is 22.4. The zero-order valence-electron chi connectivity index (χ0n) is 19.2. The highest BCUT2D eigenvalue weighted by molar-refractivity contribution is 6.33. The van der Waals surface area contributed by atoms with Crippen molar-refractivity contribution in [2.45, 2.75) is 6.42 Å². The second-order valence-corrected chi connectivity index (χ2v) is 8.89. The molecule has 0 saturated heterocycles. The number of carbonyl (C=O) groups is 6. The maximum Gasteiger partial charge on any atom is 0.195 e. The summed E-state index contributed by atoms with van der Waals surface area (Å²) in [4.78, 5) is 79.2. The zero-order valence-corrected chi connectivity index (χ0v) is 19.2. The van der Waals surface area contributed by atoms with E-state index in [-0.39, 0.29) is 67.2 Å². The van der Waals surface area contributed by atoms with Crippen LogP contribution in [0.15, 0.2) is 84.9 Å². The number of rotatable bonds is 4. The van der Waals surface area contributed by atoms with Crippen LogP contribution in [0.2, 0.25) is 0 Å². The Labute approximate surface area is 210 Å². The van der Waals surface area contributed by atoms with Crippen molar-refractivity contribution >= 4 is 34.7 Å². The first-order valence-corrected chi connectivity index (χ1v) is 11.6. The molecule has 0 atom stereocenters. The number of fused-ring (bicyclic) bond motifs is 4. The van der Waals surface area contributed by atoms with Gasteiger partial charge in [-0.1, -0.05) is 84.9 Å². The van der Waals surface area contributed by atoms with Crippen molar-refractivity contribution in [1.29, 1.82) is 0 Å². The van der Waals surface area contributed by atoms with Gasteiger partial charge in [-0.05, 0) is 0 Å². The monoisotopic (exact) mass is 484 g/mol. The fraction of sp³-hybridized carbons (Fsp3) is 0.0323. The maximum absolute atomic E-state index is 13.3. The van der Waals surface area contributed by atoms with E-state index in [1.165, 1.54) is 48.5 Å². The molecule has 0 fully saturated rings. The molecule has 4 aromatic carbocycles. The van der Waals surface area contributed by atoms with Gasteiger partial charge in [-0.15, -0.1) is 0 Å². The van der Waals surface area contributed by atoms with Crippen LogP contribution in [-0.4, -0.2) is 34.7 Å². The number of Topliss-reactive ketones (excluding diaryl/α,β-unsaturated/α-hetero) is 2. The predicted octanol–water partition coefficient (Wildman–Crippen LogP) is 4.69. The van der Waals surface area contributed by atoms with E-state index in [0.29, 0.717) is 0 Å². The normalized spacial score (nSPS) is 13.4. The quantitative estimate of drug-likeness (QED) is 0.266. The Bertz CT molecular complexity index is 1630. The molecular weight excluding hydrogens is 468 g/mol. The van der Waals surface area contributed by atoms with E-state index in [0.717, 1.165) is 0 Å². The van der Waals surface area contributed by atoms with Crippen LogP contribution in [-0.2, 0) is 0 Å². The summed E-state index contributed by atoms with van der Waals surface area (Å²) in [6.45, 7) is 0. The van der Waals surface area contributed by atoms with Gasteiger partial charge in [0, 0.05) is 55.6 Å². The zero-order chi connectivity index (χ0) is 25.8. The van der Waals surface area contributed by atoms with Crippen LogP contribution < -0.4 is 0 Å². The van der Waals surface area contributed by atoms with Gasteiger partial charge in [0.25, 0.3) is 0 Å². The smallest absolute Gasteiger partial charge is 0.195 e. The number of hydrogen-bond donors (Lipinski definition) is 0. The highest BCUT2D eigenvalue weighted by Crippen LogP contribution is 2.32. The van der Waals surface area contributed by atoms with E-state index < -0.39 is 29.6 Å². The van der Waals surface area contributed by atoms with Gasteiger partial charge >= 0.3 is 0 Å². The van der Waals surface area contributed by atoms with Crippen LogP contribution in [0.5, 0.6) is 0 Å². The van der Waals surface area contributed by atoms with Crippen molar-refractivity contribution < 1.29 is 28.8 Å². The van der Waals surface area contributed by atoms with Crippen molar-refractivity contribution in [3.8, 4) is 0 Å². The summed E-state index contributed by atoms with van der Waals surface area (Å²) in [5, 5.41) is 0. The van der Waals surface area contributed by atoms with Crippen LogP contribution in [0.25, 0.3) is 0 Å². The molecule has 0 aliphatic heterocycles. The van der Waals surface area contributed by atoms with Gasteiger partial charge in [-0.25, -0.2) is 0 Å². The molecule has 6 rings (SSSR count). The first-order chi connectivity index (χ1) is 17.9. The first-order valence-electron chi connectivity index (χ1n) is 11.6. The largest absolute Gasteiger partial charge is 0.294 e. The third-order valence-corrected chi connectivity index (χ3v) is 6.83. The van der Waals surface area contributed by atoms with Gasteiger partial charge in [-0.3, -0.25) is 28.8 Å². The molecule has 0 N–H and O–H groups in total. The second-order valence-electron chi connectivity index (χ2n) is 8.89. The SMILES string of the molecule is O=C(CC(=O)c1cccc2c1C(=O)c1ccccc1C2=O)c1cccc2c1C(=O)c1ccccc1C2=O. The van der Waals surface area contributed by atoms with Gasteiger partial charge in [-0.2, -0.15) is 0 Å². The summed E-state index contributed by atoms with van der Waals surface area (Å²) < 4.78 is 0. The summed E-state index contributed by atoms with van der Waals surface area (Å²) >= 11 is 0. The summed E-state index contributed by atoms with van der Waals surface area (Å²) in [5.74, 6) is -2.98. The summed E-state index contributed by atoms with van der Waals surface area (Å²) in [6.07, 6.45) is -0.640. The molecule has 4 aromatic rings. The van der Waals surface area contributed by atoms with E-state index in [1.54, 1.807) is 36.4 Å². The summed E-state index contributed by atoms with van der Waals surface area (Å²) in [5.41, 5.74) is 1.03. The molecule has 176 valence electrons. The fourth-order valence-electron chi connectivity index (χ4n) is 5.09. The van der Waals surface area contributed by atoms with E-state index in [9.17, 15) is 28.8 Å². The van der Waals surface area contributed by atoms with E-state index in [4.69, 9.17) is 0 Å². The fourth-order valence-corrected chi connectivity index (χ4v) is 5.09. The number of hydrogen-bond acceptors (Lipinski definition) is 6. The molecule has 0 bridgehead atoms. The van der Waals surface area contributed by atoms with Crippen LogP contribution in [0.1, 0.15) is 90.8 Å². The number of carbonyl (C=O) groups excluding carboxylic acids is 6. The summed E-state index contributed by atoms with van der Waals surface area (Å²) in [6, 6.07) is 21.6. The molecule has 0 aromatic heterocycles. The van der Waals surface area contributed by atoms with Crippen LogP contribution in [0.4, 0.5) is 0 Å². The Morgan fingerprint density at radius 2 is 0.730 bits per heavy atom. The molecule has 6 heteroatoms. The number of benzene rings is 4. The van der Waals surface area contributed by atoms with E-state index in [1.807, 2.05) is 0 Å². The third kappa shape index (κ3) is 3.27. The lowest BCUT2D eigenvalue weighted by Crippen LogP contribution is -2.26. The molecule has 6 nitrogen and oxygen atoms in total. The molecule has 0 amide bonds. The highest BCUT2D eigenvalue weighted by atomic mass is 16.2. The lowest BCUT2D eigenvalue weighted by Gasteiger charge is -2.20. The number of ketones is 6. The Hall–Kier alpha value is -5.10. The van der Waals surface area contributed by atoms with Gasteiger partial charge in [0.15, 0.2) is 34.7 Å². The lowest BCUT2D eigenvalue weighted by atomic mass is 9.79. The van der Waals surface area contributed by atoms with Crippen LogP contribution in [0, 0.1) is 0 Å². The van der Waals surface area contributed by atoms with Crippen molar-refractivity contribution in [2.75, 3.05) is 0 Å². The molecular formula is C31H16O6. The van der Waals surface area contributed by atoms with Gasteiger partial charge in [0.05, 0.1) is 6.42 Å². The molecule has 2 aliphatic rings. The van der Waals surface area contributed by atoms with E-state index in [2.05, 4.69) is 0 Å². The van der Waals surface area contributed by atoms with Crippen LogP contribution >= 0.6 is 0 Å². The van der Waals surface area contributed by atoms with Crippen LogP contribution in [0.3, 0.4) is 0 Å². The minimum atomic E-state index is -0.657. The van der Waals surface area contributed by atoms with E-state index >= 15 is 0 Å². The minimum absolute atomic E-state index is 0.0285. The summed E-state index contributed by atoms with van der Waals surface area (Å²) in [7, 11) is 0. The predicted molar refractivity (Wildman–Crippen MR) is 133 cm³/mol. The second kappa shape index (κ2) is 8.24. The Kier molecular flexibility index (Phi) is 4.98. The Balaban J connectivity index is 1.38. The van der Waals surface area contributed by atoms with Crippen molar-refractivity contribution in [1.82, 2.24) is 0 Å². The lowest BCUT2D eigenvalue weighted by molar-refractivity contribution is 0.0882. The molecule has 0 heterocycles. The standard InChI is InChI=1S/C31H16O6/c32-24(20-11-5-13-22-26(20)30(36)18-9-3-1-7-16(18)28(22)34)15-25(33)21-12-6-14-23-27(21)31(37)19-10-4-2-8-17(19)29(23)35/h1-14H,15H2. The average molecular weight is 484 g/mol. The minimum Gasteiger partial charge on any atom is -0.294 e.